The van der Waals surface area contributed by atoms with Crippen LogP contribution in [0.1, 0.15) is 31.2 Å². The second-order valence-corrected chi connectivity index (χ2v) is 5.37. The van der Waals surface area contributed by atoms with Crippen molar-refractivity contribution >= 4 is 24.0 Å². The quantitative estimate of drug-likeness (QED) is 0.849. The van der Waals surface area contributed by atoms with Gasteiger partial charge in [0.25, 0.3) is 0 Å². The third-order valence-electron chi connectivity index (χ3n) is 3.83. The first-order valence-corrected chi connectivity index (χ1v) is 7.37. The molecule has 4 nitrogen and oxygen atoms in total. The Morgan fingerprint density at radius 1 is 1.33 bits per heavy atom. The zero-order valence-electron chi connectivity index (χ0n) is 12.6. The molecule has 118 valence electrons. The predicted octanol–water partition coefficient (Wildman–Crippen LogP) is 2.97. The van der Waals surface area contributed by atoms with E-state index >= 15 is 0 Å². The molecule has 5 heteroatoms. The molecule has 0 aliphatic carbocycles. The summed E-state index contributed by atoms with van der Waals surface area (Å²) in [6.07, 6.45) is 3.97. The molecule has 1 aliphatic heterocycles. The highest BCUT2D eigenvalue weighted by Gasteiger charge is 2.15. The second-order valence-electron chi connectivity index (χ2n) is 5.37. The van der Waals surface area contributed by atoms with Crippen LogP contribution >= 0.6 is 12.4 Å². The van der Waals surface area contributed by atoms with E-state index in [4.69, 9.17) is 4.74 Å². The maximum atomic E-state index is 12.0. The van der Waals surface area contributed by atoms with Gasteiger partial charge in [0.05, 0.1) is 6.61 Å². The molecule has 0 atom stereocenters. The standard InChI is InChI=1S/C16H24N2O2.ClH/c1-20-12-14-4-2-3-5-15(14)18-16(19)7-6-13-8-10-17-11-9-13;/h2-5,13,17H,6-12H2,1H3,(H,18,19);1H. The largest absolute Gasteiger partial charge is 0.380 e. The van der Waals surface area contributed by atoms with Gasteiger partial charge in [-0.25, -0.2) is 0 Å². The van der Waals surface area contributed by atoms with E-state index in [1.165, 1.54) is 12.8 Å². The van der Waals surface area contributed by atoms with Crippen molar-refractivity contribution < 1.29 is 9.53 Å². The fourth-order valence-corrected chi connectivity index (χ4v) is 2.64. The lowest BCUT2D eigenvalue weighted by Gasteiger charge is -2.22. The molecule has 1 aromatic carbocycles. The van der Waals surface area contributed by atoms with E-state index in [2.05, 4.69) is 10.6 Å². The monoisotopic (exact) mass is 312 g/mol. The molecule has 21 heavy (non-hydrogen) atoms. The van der Waals surface area contributed by atoms with E-state index in [1.807, 2.05) is 24.3 Å². The summed E-state index contributed by atoms with van der Waals surface area (Å²) in [4.78, 5) is 12.0. The van der Waals surface area contributed by atoms with E-state index in [9.17, 15) is 4.79 Å². The molecule has 0 saturated carbocycles. The molecule has 0 unspecified atom stereocenters. The van der Waals surface area contributed by atoms with Crippen LogP contribution in [-0.4, -0.2) is 26.1 Å². The molecule has 1 saturated heterocycles. The fraction of sp³-hybridized carbons (Fsp3) is 0.562. The minimum atomic E-state index is 0. The smallest absolute Gasteiger partial charge is 0.224 e. The Balaban J connectivity index is 0.00000220. The molecule has 2 rings (SSSR count). The number of para-hydroxylation sites is 1. The van der Waals surface area contributed by atoms with Gasteiger partial charge in [-0.1, -0.05) is 18.2 Å². The lowest BCUT2D eigenvalue weighted by molar-refractivity contribution is -0.116. The number of hydrogen-bond acceptors (Lipinski definition) is 3. The molecule has 1 heterocycles. The van der Waals surface area contributed by atoms with Gasteiger partial charge < -0.3 is 15.4 Å². The fourth-order valence-electron chi connectivity index (χ4n) is 2.64. The van der Waals surface area contributed by atoms with Gasteiger partial charge in [0.2, 0.25) is 5.91 Å². The average molecular weight is 313 g/mol. The number of carbonyl (C=O) groups is 1. The summed E-state index contributed by atoms with van der Waals surface area (Å²) >= 11 is 0. The summed E-state index contributed by atoms with van der Waals surface area (Å²) in [5.41, 5.74) is 1.88. The number of benzene rings is 1. The Morgan fingerprint density at radius 2 is 2.05 bits per heavy atom. The molecule has 1 fully saturated rings. The number of piperidine rings is 1. The van der Waals surface area contributed by atoms with Crippen molar-refractivity contribution in [1.29, 1.82) is 0 Å². The third-order valence-corrected chi connectivity index (χ3v) is 3.83. The number of carbonyl (C=O) groups excluding carboxylic acids is 1. The molecule has 1 amide bonds. The normalized spacial score (nSPS) is 15.3. The number of methoxy groups -OCH3 is 1. The van der Waals surface area contributed by atoms with E-state index in [0.717, 1.165) is 30.8 Å². The first kappa shape index (κ1) is 18.0. The first-order chi connectivity index (χ1) is 9.79. The van der Waals surface area contributed by atoms with Crippen LogP contribution < -0.4 is 10.6 Å². The SMILES string of the molecule is COCc1ccccc1NC(=O)CCC1CCNCC1.Cl. The number of nitrogens with one attached hydrogen (secondary N) is 2. The number of ether oxygens (including phenoxy) is 1. The van der Waals surface area contributed by atoms with Crippen molar-refractivity contribution in [3.8, 4) is 0 Å². The number of anilines is 1. The molecule has 2 N–H and O–H groups in total. The van der Waals surface area contributed by atoms with Crippen LogP contribution in [0.2, 0.25) is 0 Å². The van der Waals surface area contributed by atoms with Gasteiger partial charge in [-0.15, -0.1) is 12.4 Å². The van der Waals surface area contributed by atoms with E-state index in [0.29, 0.717) is 18.9 Å². The number of rotatable bonds is 6. The van der Waals surface area contributed by atoms with Crippen molar-refractivity contribution in [3.63, 3.8) is 0 Å². The summed E-state index contributed by atoms with van der Waals surface area (Å²) in [6, 6.07) is 7.79. The maximum Gasteiger partial charge on any atom is 0.224 e. The Kier molecular flexibility index (Phi) is 8.35. The van der Waals surface area contributed by atoms with Crippen LogP contribution in [0.25, 0.3) is 0 Å². The van der Waals surface area contributed by atoms with Gasteiger partial charge in [0, 0.05) is 24.8 Å². The second kappa shape index (κ2) is 9.77. The Hall–Kier alpha value is -1.10. The van der Waals surface area contributed by atoms with Crippen LogP contribution in [-0.2, 0) is 16.1 Å². The van der Waals surface area contributed by atoms with E-state index < -0.39 is 0 Å². The highest BCUT2D eigenvalue weighted by molar-refractivity contribution is 5.91. The van der Waals surface area contributed by atoms with Gasteiger partial charge in [0.15, 0.2) is 0 Å². The zero-order valence-corrected chi connectivity index (χ0v) is 13.4. The molecule has 0 aromatic heterocycles. The van der Waals surface area contributed by atoms with Gasteiger partial charge >= 0.3 is 0 Å². The van der Waals surface area contributed by atoms with Crippen molar-refractivity contribution in [2.24, 2.45) is 5.92 Å². The summed E-state index contributed by atoms with van der Waals surface area (Å²) in [6.45, 7) is 2.69. The Bertz CT molecular complexity index is 434. The first-order valence-electron chi connectivity index (χ1n) is 7.37. The van der Waals surface area contributed by atoms with Crippen molar-refractivity contribution in [2.45, 2.75) is 32.3 Å². The summed E-state index contributed by atoms with van der Waals surface area (Å²) in [7, 11) is 1.66. The zero-order chi connectivity index (χ0) is 14.2. The lowest BCUT2D eigenvalue weighted by Crippen LogP contribution is -2.28. The number of halogens is 1. The highest BCUT2D eigenvalue weighted by atomic mass is 35.5. The van der Waals surface area contributed by atoms with Crippen LogP contribution in [0.4, 0.5) is 5.69 Å². The van der Waals surface area contributed by atoms with E-state index in [1.54, 1.807) is 7.11 Å². The summed E-state index contributed by atoms with van der Waals surface area (Å²) in [5, 5.41) is 6.35. The van der Waals surface area contributed by atoms with E-state index in [-0.39, 0.29) is 18.3 Å². The Labute approximate surface area is 133 Å². The van der Waals surface area contributed by atoms with Crippen LogP contribution in [0.3, 0.4) is 0 Å². The van der Waals surface area contributed by atoms with Crippen molar-refractivity contribution in [1.82, 2.24) is 5.32 Å². The molecule has 0 spiro atoms. The molecule has 0 bridgehead atoms. The summed E-state index contributed by atoms with van der Waals surface area (Å²) < 4.78 is 5.15. The summed E-state index contributed by atoms with van der Waals surface area (Å²) in [5.74, 6) is 0.795. The molecular formula is C16H25ClN2O2. The van der Waals surface area contributed by atoms with Gasteiger partial charge in [-0.3, -0.25) is 4.79 Å². The van der Waals surface area contributed by atoms with Crippen molar-refractivity contribution in [3.05, 3.63) is 29.8 Å². The molecule has 1 aromatic rings. The lowest BCUT2D eigenvalue weighted by atomic mass is 9.93. The van der Waals surface area contributed by atoms with Gasteiger partial charge in [-0.05, 0) is 44.3 Å². The molecule has 1 aliphatic rings. The van der Waals surface area contributed by atoms with Gasteiger partial charge in [-0.2, -0.15) is 0 Å². The number of amides is 1. The number of hydrogen-bond donors (Lipinski definition) is 2. The highest BCUT2D eigenvalue weighted by Crippen LogP contribution is 2.20. The topological polar surface area (TPSA) is 50.4 Å². The average Bonchev–Trinajstić information content (AvgIpc) is 2.49. The van der Waals surface area contributed by atoms with Crippen LogP contribution in [0.5, 0.6) is 0 Å². The predicted molar refractivity (Wildman–Crippen MR) is 87.9 cm³/mol. The van der Waals surface area contributed by atoms with Gasteiger partial charge in [0.1, 0.15) is 0 Å². The van der Waals surface area contributed by atoms with Crippen molar-refractivity contribution in [2.75, 3.05) is 25.5 Å². The van der Waals surface area contributed by atoms with Crippen LogP contribution in [0.15, 0.2) is 24.3 Å². The minimum absolute atomic E-state index is 0. The minimum Gasteiger partial charge on any atom is -0.380 e. The molecular weight excluding hydrogens is 288 g/mol. The maximum absolute atomic E-state index is 12.0. The van der Waals surface area contributed by atoms with Crippen LogP contribution in [0, 0.1) is 5.92 Å². The molecule has 0 radical (unpaired) electrons. The Morgan fingerprint density at radius 3 is 2.76 bits per heavy atom. The third kappa shape index (κ3) is 6.04.